The molecule has 4 heteroatoms. The van der Waals surface area contributed by atoms with Crippen LogP contribution in [0.1, 0.15) is 29.9 Å². The highest BCUT2D eigenvalue weighted by atomic mass is 16.4. The average molecular weight is 245 g/mol. The van der Waals surface area contributed by atoms with Crippen molar-refractivity contribution in [1.82, 2.24) is 5.32 Å². The third kappa shape index (κ3) is 1.88. The van der Waals surface area contributed by atoms with Gasteiger partial charge in [0.25, 0.3) is 0 Å². The Hall–Kier alpha value is -1.84. The molecule has 1 saturated carbocycles. The van der Waals surface area contributed by atoms with Crippen LogP contribution in [0.3, 0.4) is 0 Å². The summed E-state index contributed by atoms with van der Waals surface area (Å²) in [6.07, 6.45) is 2.52. The van der Waals surface area contributed by atoms with E-state index in [-0.39, 0.29) is 17.7 Å². The van der Waals surface area contributed by atoms with Gasteiger partial charge in [0, 0.05) is 0 Å². The van der Waals surface area contributed by atoms with Gasteiger partial charge >= 0.3 is 5.97 Å². The van der Waals surface area contributed by atoms with Crippen molar-refractivity contribution in [3.63, 3.8) is 0 Å². The molecule has 0 bridgehead atoms. The van der Waals surface area contributed by atoms with Gasteiger partial charge in [-0.1, -0.05) is 24.3 Å². The number of carboxylic acid groups (broad SMARTS) is 1. The summed E-state index contributed by atoms with van der Waals surface area (Å²) in [5.74, 6) is -1.10. The van der Waals surface area contributed by atoms with E-state index in [4.69, 9.17) is 5.11 Å². The number of benzene rings is 1. The van der Waals surface area contributed by atoms with Crippen molar-refractivity contribution in [2.45, 2.75) is 31.2 Å². The van der Waals surface area contributed by atoms with E-state index in [9.17, 15) is 9.59 Å². The number of amides is 1. The van der Waals surface area contributed by atoms with E-state index in [1.165, 1.54) is 5.56 Å². The van der Waals surface area contributed by atoms with E-state index >= 15 is 0 Å². The molecule has 0 spiro atoms. The second kappa shape index (κ2) is 4.12. The van der Waals surface area contributed by atoms with Crippen molar-refractivity contribution in [1.29, 1.82) is 0 Å². The van der Waals surface area contributed by atoms with Crippen LogP contribution in [-0.4, -0.2) is 23.0 Å². The number of fused-ring (bicyclic) bond motifs is 1. The quantitative estimate of drug-likeness (QED) is 0.840. The largest absolute Gasteiger partial charge is 0.480 e. The molecule has 2 unspecified atom stereocenters. The maximum absolute atomic E-state index is 12.1. The average Bonchev–Trinajstić information content (AvgIpc) is 3.11. The molecule has 3 rings (SSSR count). The zero-order valence-corrected chi connectivity index (χ0v) is 9.93. The fraction of sp³-hybridized carbons (Fsp3) is 0.429. The minimum Gasteiger partial charge on any atom is -0.480 e. The van der Waals surface area contributed by atoms with Gasteiger partial charge in [-0.3, -0.25) is 4.79 Å². The molecule has 94 valence electrons. The number of hydrogen-bond donors (Lipinski definition) is 2. The van der Waals surface area contributed by atoms with Crippen LogP contribution in [0.5, 0.6) is 0 Å². The highest BCUT2D eigenvalue weighted by molar-refractivity contribution is 5.90. The summed E-state index contributed by atoms with van der Waals surface area (Å²) >= 11 is 0. The predicted molar refractivity (Wildman–Crippen MR) is 65.2 cm³/mol. The third-order valence-corrected chi connectivity index (χ3v) is 3.83. The van der Waals surface area contributed by atoms with Crippen molar-refractivity contribution in [3.05, 3.63) is 35.4 Å². The lowest BCUT2D eigenvalue weighted by molar-refractivity contribution is -0.142. The Kier molecular flexibility index (Phi) is 2.58. The van der Waals surface area contributed by atoms with Crippen molar-refractivity contribution in [2.75, 3.05) is 0 Å². The van der Waals surface area contributed by atoms with E-state index in [0.29, 0.717) is 0 Å². The first-order valence-electron chi connectivity index (χ1n) is 6.28. The van der Waals surface area contributed by atoms with Crippen molar-refractivity contribution < 1.29 is 14.7 Å². The van der Waals surface area contributed by atoms with Crippen molar-refractivity contribution in [3.8, 4) is 0 Å². The lowest BCUT2D eigenvalue weighted by Crippen LogP contribution is -2.46. The van der Waals surface area contributed by atoms with Gasteiger partial charge in [-0.15, -0.1) is 0 Å². The minimum atomic E-state index is -0.918. The molecule has 0 aromatic heterocycles. The lowest BCUT2D eigenvalue weighted by Gasteiger charge is -2.30. The van der Waals surface area contributed by atoms with Crippen LogP contribution in [0.4, 0.5) is 0 Å². The Morgan fingerprint density at radius 1 is 1.28 bits per heavy atom. The number of aliphatic carboxylic acids is 1. The van der Waals surface area contributed by atoms with Gasteiger partial charge in [0.15, 0.2) is 0 Å². The molecule has 2 aliphatic rings. The highest BCUT2D eigenvalue weighted by Crippen LogP contribution is 2.36. The molecule has 2 atom stereocenters. The lowest BCUT2D eigenvalue weighted by atomic mass is 9.77. The Labute approximate surface area is 105 Å². The second-order valence-corrected chi connectivity index (χ2v) is 5.12. The molecule has 0 saturated heterocycles. The summed E-state index contributed by atoms with van der Waals surface area (Å²) in [4.78, 5) is 23.1. The van der Waals surface area contributed by atoms with E-state index < -0.39 is 12.0 Å². The van der Waals surface area contributed by atoms with Gasteiger partial charge in [0.05, 0.1) is 5.92 Å². The summed E-state index contributed by atoms with van der Waals surface area (Å²) in [6.45, 7) is 0. The number of hydrogen-bond acceptors (Lipinski definition) is 2. The first kappa shape index (κ1) is 11.3. The van der Waals surface area contributed by atoms with Gasteiger partial charge in [0.1, 0.15) is 6.04 Å². The Morgan fingerprint density at radius 3 is 2.61 bits per heavy atom. The maximum atomic E-state index is 12.1. The van der Waals surface area contributed by atoms with Crippen LogP contribution >= 0.6 is 0 Å². The van der Waals surface area contributed by atoms with Gasteiger partial charge < -0.3 is 10.4 Å². The smallest absolute Gasteiger partial charge is 0.326 e. The zero-order valence-electron chi connectivity index (χ0n) is 9.93. The molecule has 1 amide bonds. The van der Waals surface area contributed by atoms with E-state index in [1.54, 1.807) is 0 Å². The summed E-state index contributed by atoms with van der Waals surface area (Å²) in [5.41, 5.74) is 2.23. The van der Waals surface area contributed by atoms with Crippen LogP contribution in [0, 0.1) is 5.92 Å². The molecule has 0 radical (unpaired) electrons. The van der Waals surface area contributed by atoms with Gasteiger partial charge in [0.2, 0.25) is 5.91 Å². The standard InChI is InChI=1S/C14H15NO3/c16-13(15-12(14(17)18)8-5-6-8)11-7-9-3-1-2-4-10(9)11/h1-4,8,11-12H,5-7H2,(H,15,16)(H,17,18). The Balaban J connectivity index is 1.68. The van der Waals surface area contributed by atoms with Crippen molar-refractivity contribution in [2.24, 2.45) is 5.92 Å². The summed E-state index contributed by atoms with van der Waals surface area (Å²) in [5, 5.41) is 11.8. The fourth-order valence-corrected chi connectivity index (χ4v) is 2.56. The first-order valence-corrected chi connectivity index (χ1v) is 6.28. The molecule has 18 heavy (non-hydrogen) atoms. The Morgan fingerprint density at radius 2 is 2.00 bits per heavy atom. The fourth-order valence-electron chi connectivity index (χ4n) is 2.56. The topological polar surface area (TPSA) is 66.4 Å². The molecule has 4 nitrogen and oxygen atoms in total. The normalized spacial score (nSPS) is 22.6. The van der Waals surface area contributed by atoms with Gasteiger partial charge in [-0.2, -0.15) is 0 Å². The maximum Gasteiger partial charge on any atom is 0.326 e. The third-order valence-electron chi connectivity index (χ3n) is 3.83. The predicted octanol–water partition coefficient (Wildman–Crippen LogP) is 1.31. The molecule has 0 heterocycles. The van der Waals surface area contributed by atoms with Crippen molar-refractivity contribution >= 4 is 11.9 Å². The van der Waals surface area contributed by atoms with Crippen LogP contribution in [0.25, 0.3) is 0 Å². The van der Waals surface area contributed by atoms with Crippen LogP contribution in [0.2, 0.25) is 0 Å². The monoisotopic (exact) mass is 245 g/mol. The van der Waals surface area contributed by atoms with Gasteiger partial charge in [-0.05, 0) is 36.3 Å². The number of carboxylic acids is 1. The molecule has 1 aromatic rings. The SMILES string of the molecule is O=C(NC(C(=O)O)C1CC1)C1Cc2ccccc21. The molecule has 0 aliphatic heterocycles. The minimum absolute atomic E-state index is 0.127. The van der Waals surface area contributed by atoms with E-state index in [0.717, 1.165) is 24.8 Å². The highest BCUT2D eigenvalue weighted by Gasteiger charge is 2.40. The van der Waals surface area contributed by atoms with E-state index in [2.05, 4.69) is 5.32 Å². The number of carbonyl (C=O) groups is 2. The van der Waals surface area contributed by atoms with Crippen LogP contribution < -0.4 is 5.32 Å². The van der Waals surface area contributed by atoms with E-state index in [1.807, 2.05) is 24.3 Å². The molecular weight excluding hydrogens is 230 g/mol. The molecule has 1 fully saturated rings. The summed E-state index contributed by atoms with van der Waals surface area (Å²) < 4.78 is 0. The molecule has 1 aromatic carbocycles. The Bertz CT molecular complexity index is 508. The zero-order chi connectivity index (χ0) is 12.7. The first-order chi connectivity index (χ1) is 8.66. The molecule has 2 aliphatic carbocycles. The van der Waals surface area contributed by atoms with Crippen LogP contribution in [0.15, 0.2) is 24.3 Å². The number of nitrogens with one attached hydrogen (secondary N) is 1. The summed E-state index contributed by atoms with van der Waals surface area (Å²) in [7, 11) is 0. The number of rotatable bonds is 4. The van der Waals surface area contributed by atoms with Crippen LogP contribution in [-0.2, 0) is 16.0 Å². The number of carbonyl (C=O) groups excluding carboxylic acids is 1. The summed E-state index contributed by atoms with van der Waals surface area (Å²) in [6, 6.07) is 7.11. The molecule has 2 N–H and O–H groups in total. The molecular formula is C14H15NO3. The second-order valence-electron chi connectivity index (χ2n) is 5.12. The van der Waals surface area contributed by atoms with Gasteiger partial charge in [-0.25, -0.2) is 4.79 Å².